The van der Waals surface area contributed by atoms with Crippen LogP contribution in [-0.2, 0) is 6.54 Å². The maximum atomic E-state index is 4.68. The molecule has 0 aliphatic heterocycles. The van der Waals surface area contributed by atoms with Gasteiger partial charge in [-0.15, -0.1) is 0 Å². The molecule has 0 atom stereocenters. The molecule has 0 fully saturated rings. The van der Waals surface area contributed by atoms with Crippen molar-refractivity contribution in [1.29, 1.82) is 0 Å². The molecule has 0 aromatic carbocycles. The molecular weight excluding hydrogens is 224 g/mol. The van der Waals surface area contributed by atoms with Crippen LogP contribution in [0.2, 0.25) is 0 Å². The third-order valence-electron chi connectivity index (χ3n) is 3.33. The van der Waals surface area contributed by atoms with Crippen molar-refractivity contribution in [2.75, 3.05) is 26.7 Å². The van der Waals surface area contributed by atoms with Crippen LogP contribution < -0.4 is 5.32 Å². The van der Waals surface area contributed by atoms with Gasteiger partial charge in [0.25, 0.3) is 0 Å². The predicted octanol–water partition coefficient (Wildman–Crippen LogP) is 2.29. The van der Waals surface area contributed by atoms with E-state index in [4.69, 9.17) is 0 Å². The Balaban J connectivity index is 2.43. The van der Waals surface area contributed by atoms with Gasteiger partial charge in [0.2, 0.25) is 0 Å². The van der Waals surface area contributed by atoms with E-state index in [1.165, 1.54) is 5.69 Å². The van der Waals surface area contributed by atoms with Crippen LogP contribution >= 0.6 is 0 Å². The number of hydrogen-bond donors (Lipinski definition) is 1. The van der Waals surface area contributed by atoms with E-state index in [1.54, 1.807) is 0 Å². The SMILES string of the molecule is CCNCCN(C)Cc1ccn(C(CC)CC)n1. The lowest BCUT2D eigenvalue weighted by Crippen LogP contribution is -2.29. The first-order chi connectivity index (χ1) is 8.71. The molecule has 0 radical (unpaired) electrons. The lowest BCUT2D eigenvalue weighted by molar-refractivity contribution is 0.318. The standard InChI is InChI=1S/C14H28N4/c1-5-14(6-2)18-10-8-13(16-18)12-17(4)11-9-15-7-3/h8,10,14-15H,5-7,9,11-12H2,1-4H3. The highest BCUT2D eigenvalue weighted by Crippen LogP contribution is 2.14. The fourth-order valence-electron chi connectivity index (χ4n) is 2.13. The summed E-state index contributed by atoms with van der Waals surface area (Å²) in [5.74, 6) is 0. The van der Waals surface area contributed by atoms with Gasteiger partial charge in [0.1, 0.15) is 0 Å². The molecule has 0 amide bonds. The molecule has 1 aromatic rings. The third-order valence-corrected chi connectivity index (χ3v) is 3.33. The number of likely N-dealkylation sites (N-methyl/N-ethyl adjacent to an activating group) is 2. The van der Waals surface area contributed by atoms with Crippen molar-refractivity contribution in [2.24, 2.45) is 0 Å². The molecular formula is C14H28N4. The summed E-state index contributed by atoms with van der Waals surface area (Å²) in [6.07, 6.45) is 4.41. The summed E-state index contributed by atoms with van der Waals surface area (Å²) in [7, 11) is 2.15. The van der Waals surface area contributed by atoms with Crippen molar-refractivity contribution in [3.05, 3.63) is 18.0 Å². The minimum absolute atomic E-state index is 0.547. The van der Waals surface area contributed by atoms with Gasteiger partial charge >= 0.3 is 0 Å². The van der Waals surface area contributed by atoms with E-state index >= 15 is 0 Å². The minimum atomic E-state index is 0.547. The molecule has 0 bridgehead atoms. The van der Waals surface area contributed by atoms with Crippen molar-refractivity contribution < 1.29 is 0 Å². The van der Waals surface area contributed by atoms with Gasteiger partial charge in [-0.3, -0.25) is 9.58 Å². The molecule has 0 saturated heterocycles. The van der Waals surface area contributed by atoms with E-state index in [2.05, 4.69) is 60.1 Å². The van der Waals surface area contributed by atoms with Gasteiger partial charge in [0.05, 0.1) is 11.7 Å². The average Bonchev–Trinajstić information content (AvgIpc) is 2.79. The summed E-state index contributed by atoms with van der Waals surface area (Å²) in [5.41, 5.74) is 1.17. The zero-order valence-corrected chi connectivity index (χ0v) is 12.3. The van der Waals surface area contributed by atoms with Gasteiger partial charge in [-0.2, -0.15) is 5.10 Å². The first-order valence-electron chi connectivity index (χ1n) is 7.14. The normalized spacial score (nSPS) is 11.7. The second kappa shape index (κ2) is 8.27. The Morgan fingerprint density at radius 1 is 1.33 bits per heavy atom. The van der Waals surface area contributed by atoms with Gasteiger partial charge in [-0.1, -0.05) is 20.8 Å². The van der Waals surface area contributed by atoms with E-state index in [-0.39, 0.29) is 0 Å². The molecule has 0 aliphatic rings. The lowest BCUT2D eigenvalue weighted by Gasteiger charge is -2.16. The van der Waals surface area contributed by atoms with Crippen molar-refractivity contribution >= 4 is 0 Å². The molecule has 4 heteroatoms. The van der Waals surface area contributed by atoms with Crippen molar-refractivity contribution in [3.8, 4) is 0 Å². The smallest absolute Gasteiger partial charge is 0.0764 e. The maximum absolute atomic E-state index is 4.68. The molecule has 1 rings (SSSR count). The molecule has 0 unspecified atom stereocenters. The van der Waals surface area contributed by atoms with Crippen LogP contribution in [0.1, 0.15) is 45.3 Å². The summed E-state index contributed by atoms with van der Waals surface area (Å²) in [6, 6.07) is 2.69. The Labute approximate surface area is 111 Å². The van der Waals surface area contributed by atoms with Crippen molar-refractivity contribution in [1.82, 2.24) is 20.0 Å². The zero-order valence-electron chi connectivity index (χ0n) is 12.3. The van der Waals surface area contributed by atoms with Crippen LogP contribution in [0.3, 0.4) is 0 Å². The van der Waals surface area contributed by atoms with Crippen molar-refractivity contribution in [3.63, 3.8) is 0 Å². The first kappa shape index (κ1) is 15.2. The summed E-state index contributed by atoms with van der Waals surface area (Å²) in [6.45, 7) is 10.6. The molecule has 1 heterocycles. The first-order valence-corrected chi connectivity index (χ1v) is 7.14. The lowest BCUT2D eigenvalue weighted by atomic mass is 10.2. The van der Waals surface area contributed by atoms with Crippen LogP contribution in [0.15, 0.2) is 12.3 Å². The van der Waals surface area contributed by atoms with E-state index < -0.39 is 0 Å². The highest BCUT2D eigenvalue weighted by Gasteiger charge is 2.08. The largest absolute Gasteiger partial charge is 0.316 e. The zero-order chi connectivity index (χ0) is 13.4. The fraction of sp³-hybridized carbons (Fsp3) is 0.786. The monoisotopic (exact) mass is 252 g/mol. The number of hydrogen-bond acceptors (Lipinski definition) is 3. The average molecular weight is 252 g/mol. The predicted molar refractivity (Wildman–Crippen MR) is 76.7 cm³/mol. The van der Waals surface area contributed by atoms with E-state index in [0.29, 0.717) is 6.04 Å². The molecule has 104 valence electrons. The second-order valence-electron chi connectivity index (χ2n) is 4.85. The van der Waals surface area contributed by atoms with Gasteiger partial charge < -0.3 is 5.32 Å². The molecule has 0 aliphatic carbocycles. The van der Waals surface area contributed by atoms with Crippen molar-refractivity contribution in [2.45, 2.75) is 46.2 Å². The Morgan fingerprint density at radius 2 is 2.06 bits per heavy atom. The van der Waals surface area contributed by atoms with Crippen LogP contribution in [0.4, 0.5) is 0 Å². The van der Waals surface area contributed by atoms with Gasteiger partial charge in [-0.05, 0) is 32.5 Å². The Bertz CT molecular complexity index is 317. The van der Waals surface area contributed by atoms with E-state index in [9.17, 15) is 0 Å². The minimum Gasteiger partial charge on any atom is -0.316 e. The Kier molecular flexibility index (Phi) is 6.98. The number of aromatic nitrogens is 2. The van der Waals surface area contributed by atoms with E-state index in [1.807, 2.05) is 0 Å². The van der Waals surface area contributed by atoms with Crippen LogP contribution in [-0.4, -0.2) is 41.4 Å². The Hall–Kier alpha value is -0.870. The highest BCUT2D eigenvalue weighted by atomic mass is 15.3. The van der Waals surface area contributed by atoms with Gasteiger partial charge in [-0.25, -0.2) is 0 Å². The molecule has 0 spiro atoms. The van der Waals surface area contributed by atoms with Gasteiger partial charge in [0.15, 0.2) is 0 Å². The summed E-state index contributed by atoms with van der Waals surface area (Å²) in [4.78, 5) is 2.31. The molecule has 1 N–H and O–H groups in total. The second-order valence-corrected chi connectivity index (χ2v) is 4.85. The highest BCUT2D eigenvalue weighted by molar-refractivity contribution is 4.99. The van der Waals surface area contributed by atoms with Crippen LogP contribution in [0.25, 0.3) is 0 Å². The number of nitrogens with one attached hydrogen (secondary N) is 1. The molecule has 18 heavy (non-hydrogen) atoms. The Morgan fingerprint density at radius 3 is 2.67 bits per heavy atom. The summed E-state index contributed by atoms with van der Waals surface area (Å²) in [5, 5.41) is 8.01. The summed E-state index contributed by atoms with van der Waals surface area (Å²) < 4.78 is 2.12. The third kappa shape index (κ3) is 4.78. The fourth-order valence-corrected chi connectivity index (χ4v) is 2.13. The molecule has 0 saturated carbocycles. The number of rotatable bonds is 9. The van der Waals surface area contributed by atoms with Crippen LogP contribution in [0, 0.1) is 0 Å². The van der Waals surface area contributed by atoms with E-state index in [0.717, 1.165) is 39.0 Å². The molecule has 4 nitrogen and oxygen atoms in total. The topological polar surface area (TPSA) is 33.1 Å². The van der Waals surface area contributed by atoms with Gasteiger partial charge in [0, 0.05) is 25.8 Å². The molecule has 1 aromatic heterocycles. The number of nitrogens with zero attached hydrogens (tertiary/aromatic N) is 3. The summed E-state index contributed by atoms with van der Waals surface area (Å²) >= 11 is 0. The maximum Gasteiger partial charge on any atom is 0.0764 e. The van der Waals surface area contributed by atoms with Crippen LogP contribution in [0.5, 0.6) is 0 Å². The quantitative estimate of drug-likeness (QED) is 0.685.